The third-order valence-electron chi connectivity index (χ3n) is 3.05. The summed E-state index contributed by atoms with van der Waals surface area (Å²) in [7, 11) is 1.77. The van der Waals surface area contributed by atoms with E-state index in [0.29, 0.717) is 11.4 Å². The second-order valence-electron chi connectivity index (χ2n) is 4.47. The molecule has 98 valence electrons. The molecule has 2 heterocycles. The van der Waals surface area contributed by atoms with Crippen molar-refractivity contribution in [2.24, 2.45) is 12.8 Å². The van der Waals surface area contributed by atoms with Crippen LogP contribution in [0.15, 0.2) is 12.4 Å². The molecule has 3 rings (SSSR count). The van der Waals surface area contributed by atoms with Gasteiger partial charge in [-0.25, -0.2) is 4.98 Å². The van der Waals surface area contributed by atoms with Crippen molar-refractivity contribution in [2.75, 3.05) is 0 Å². The Morgan fingerprint density at radius 3 is 3.00 bits per heavy atom. The number of hydrogen-bond acceptors (Lipinski definition) is 5. The molecule has 0 saturated carbocycles. The molecule has 0 bridgehead atoms. The van der Waals surface area contributed by atoms with Crippen LogP contribution in [0.5, 0.6) is 11.9 Å². The Bertz CT molecular complexity index is 652. The Kier molecular flexibility index (Phi) is 2.90. The minimum absolute atomic E-state index is 0.241. The molecule has 0 saturated heterocycles. The number of fused-ring (bicyclic) bond motifs is 1. The molecule has 6 nitrogen and oxygen atoms in total. The van der Waals surface area contributed by atoms with E-state index < -0.39 is 0 Å². The molecule has 0 fully saturated rings. The Hall–Kier alpha value is -2.02. The molecule has 19 heavy (non-hydrogen) atoms. The number of thiocarbonyl (C=S) groups is 1. The van der Waals surface area contributed by atoms with Crippen molar-refractivity contribution >= 4 is 17.2 Å². The molecule has 0 spiro atoms. The fraction of sp³-hybridized carbons (Fsp3) is 0.333. The van der Waals surface area contributed by atoms with E-state index in [0.717, 1.165) is 25.0 Å². The molecule has 2 aromatic rings. The van der Waals surface area contributed by atoms with Crippen LogP contribution in [0.3, 0.4) is 0 Å². The van der Waals surface area contributed by atoms with E-state index in [1.54, 1.807) is 18.1 Å². The summed E-state index contributed by atoms with van der Waals surface area (Å²) >= 11 is 5.05. The van der Waals surface area contributed by atoms with Crippen LogP contribution in [0.25, 0.3) is 0 Å². The zero-order chi connectivity index (χ0) is 13.4. The van der Waals surface area contributed by atoms with Crippen LogP contribution >= 0.6 is 12.2 Å². The Morgan fingerprint density at radius 1 is 1.47 bits per heavy atom. The second kappa shape index (κ2) is 4.58. The first-order valence-corrected chi connectivity index (χ1v) is 6.40. The van der Waals surface area contributed by atoms with Gasteiger partial charge in [0.2, 0.25) is 5.88 Å². The summed E-state index contributed by atoms with van der Waals surface area (Å²) in [6.07, 6.45) is 4.63. The van der Waals surface area contributed by atoms with E-state index in [2.05, 4.69) is 15.1 Å². The van der Waals surface area contributed by atoms with E-state index in [4.69, 9.17) is 22.7 Å². The standard InChI is InChI=1S/C12H13N5OS/c1-17-6-14-12(16-17)18-11-8(10(13)19)5-7-3-2-4-9(7)15-11/h5-6H,2-4H2,1H3,(H2,13,19). The maximum atomic E-state index is 5.73. The fourth-order valence-electron chi connectivity index (χ4n) is 2.16. The number of aromatic nitrogens is 4. The first-order chi connectivity index (χ1) is 9.13. The van der Waals surface area contributed by atoms with Crippen LogP contribution < -0.4 is 10.5 Å². The summed E-state index contributed by atoms with van der Waals surface area (Å²) in [5.41, 5.74) is 8.62. The largest absolute Gasteiger partial charge is 0.403 e. The predicted octanol–water partition coefficient (Wildman–Crippen LogP) is 1.13. The van der Waals surface area contributed by atoms with Crippen molar-refractivity contribution in [1.82, 2.24) is 19.7 Å². The lowest BCUT2D eigenvalue weighted by Crippen LogP contribution is -2.13. The van der Waals surface area contributed by atoms with Crippen LogP contribution in [0.2, 0.25) is 0 Å². The van der Waals surface area contributed by atoms with Crippen LogP contribution in [0, 0.1) is 0 Å². The van der Waals surface area contributed by atoms with Gasteiger partial charge in [0.05, 0.1) is 5.56 Å². The summed E-state index contributed by atoms with van der Waals surface area (Å²) in [5.74, 6) is 0.388. The number of nitrogens with zero attached hydrogens (tertiary/aromatic N) is 4. The molecule has 2 N–H and O–H groups in total. The zero-order valence-corrected chi connectivity index (χ0v) is 11.3. The van der Waals surface area contributed by atoms with Crippen LogP contribution in [-0.4, -0.2) is 24.7 Å². The van der Waals surface area contributed by atoms with Gasteiger partial charge in [-0.2, -0.15) is 4.98 Å². The molecule has 0 radical (unpaired) electrons. The quantitative estimate of drug-likeness (QED) is 0.846. The molecule has 2 aromatic heterocycles. The lowest BCUT2D eigenvalue weighted by molar-refractivity contribution is 0.420. The third kappa shape index (κ3) is 2.28. The Morgan fingerprint density at radius 2 is 2.32 bits per heavy atom. The minimum atomic E-state index is 0.241. The normalized spacial score (nSPS) is 13.3. The van der Waals surface area contributed by atoms with E-state index in [1.807, 2.05) is 6.07 Å². The Labute approximate surface area is 115 Å². The van der Waals surface area contributed by atoms with Gasteiger partial charge in [-0.05, 0) is 30.9 Å². The van der Waals surface area contributed by atoms with E-state index in [-0.39, 0.29) is 11.0 Å². The van der Waals surface area contributed by atoms with E-state index in [1.165, 1.54) is 5.56 Å². The van der Waals surface area contributed by atoms with Crippen molar-refractivity contribution in [1.29, 1.82) is 0 Å². The van der Waals surface area contributed by atoms with Crippen molar-refractivity contribution in [3.63, 3.8) is 0 Å². The zero-order valence-electron chi connectivity index (χ0n) is 10.5. The molecule has 0 aromatic carbocycles. The maximum Gasteiger partial charge on any atom is 0.342 e. The summed E-state index contributed by atoms with van der Waals surface area (Å²) in [6, 6.07) is 2.21. The van der Waals surface area contributed by atoms with Gasteiger partial charge in [0.1, 0.15) is 11.3 Å². The summed E-state index contributed by atoms with van der Waals surface area (Å²) in [5, 5.41) is 4.06. The SMILES string of the molecule is Cn1cnc(Oc2nc3c(cc2C(N)=S)CCC3)n1. The minimum Gasteiger partial charge on any atom is -0.403 e. The van der Waals surface area contributed by atoms with Gasteiger partial charge in [0, 0.05) is 12.7 Å². The van der Waals surface area contributed by atoms with Gasteiger partial charge in [0.15, 0.2) is 0 Å². The highest BCUT2D eigenvalue weighted by atomic mass is 32.1. The van der Waals surface area contributed by atoms with Gasteiger partial charge in [-0.3, -0.25) is 4.68 Å². The van der Waals surface area contributed by atoms with Crippen LogP contribution in [-0.2, 0) is 19.9 Å². The molecule has 0 atom stereocenters. The molecule has 1 aliphatic carbocycles. The monoisotopic (exact) mass is 275 g/mol. The first-order valence-electron chi connectivity index (χ1n) is 5.99. The number of rotatable bonds is 3. The van der Waals surface area contributed by atoms with E-state index >= 15 is 0 Å². The summed E-state index contributed by atoms with van der Waals surface area (Å²) in [6.45, 7) is 0. The van der Waals surface area contributed by atoms with Crippen LogP contribution in [0.1, 0.15) is 23.2 Å². The second-order valence-corrected chi connectivity index (χ2v) is 4.91. The first kappa shape index (κ1) is 12.0. The van der Waals surface area contributed by atoms with E-state index in [9.17, 15) is 0 Å². The number of ether oxygens (including phenoxy) is 1. The average molecular weight is 275 g/mol. The molecule has 0 aliphatic heterocycles. The number of pyridine rings is 1. The molecule has 7 heteroatoms. The lowest BCUT2D eigenvalue weighted by atomic mass is 10.1. The summed E-state index contributed by atoms with van der Waals surface area (Å²) < 4.78 is 7.15. The molecule has 0 unspecified atom stereocenters. The lowest BCUT2D eigenvalue weighted by Gasteiger charge is -2.09. The molecular formula is C12H13N5OS. The van der Waals surface area contributed by atoms with Gasteiger partial charge in [-0.15, -0.1) is 5.10 Å². The van der Waals surface area contributed by atoms with Gasteiger partial charge in [0.25, 0.3) is 0 Å². The maximum absolute atomic E-state index is 5.73. The van der Waals surface area contributed by atoms with Crippen molar-refractivity contribution in [3.05, 3.63) is 29.2 Å². The number of aryl methyl sites for hydroxylation is 3. The predicted molar refractivity (Wildman–Crippen MR) is 73.2 cm³/mol. The fourth-order valence-corrected chi connectivity index (χ4v) is 2.31. The van der Waals surface area contributed by atoms with Crippen LogP contribution in [0.4, 0.5) is 0 Å². The van der Waals surface area contributed by atoms with Gasteiger partial charge in [-0.1, -0.05) is 12.2 Å². The summed E-state index contributed by atoms with van der Waals surface area (Å²) in [4.78, 5) is 8.78. The highest BCUT2D eigenvalue weighted by Gasteiger charge is 2.19. The molecular weight excluding hydrogens is 262 g/mol. The van der Waals surface area contributed by atoms with Gasteiger partial charge < -0.3 is 10.5 Å². The topological polar surface area (TPSA) is 78.8 Å². The average Bonchev–Trinajstić information content (AvgIpc) is 2.96. The molecule has 0 amide bonds. The smallest absolute Gasteiger partial charge is 0.342 e. The number of hydrogen-bond donors (Lipinski definition) is 1. The van der Waals surface area contributed by atoms with Crippen molar-refractivity contribution in [3.8, 4) is 11.9 Å². The highest BCUT2D eigenvalue weighted by Crippen LogP contribution is 2.28. The Balaban J connectivity index is 2.01. The van der Waals surface area contributed by atoms with Crippen molar-refractivity contribution in [2.45, 2.75) is 19.3 Å². The van der Waals surface area contributed by atoms with Crippen molar-refractivity contribution < 1.29 is 4.74 Å². The third-order valence-corrected chi connectivity index (χ3v) is 3.27. The number of nitrogens with two attached hydrogens (primary N) is 1. The molecule has 1 aliphatic rings. The highest BCUT2D eigenvalue weighted by molar-refractivity contribution is 7.80. The van der Waals surface area contributed by atoms with Gasteiger partial charge >= 0.3 is 6.01 Å².